The summed E-state index contributed by atoms with van der Waals surface area (Å²) in [6, 6.07) is 13.9. The first kappa shape index (κ1) is 16.0. The Balaban J connectivity index is 2.11. The first-order chi connectivity index (χ1) is 11.5. The number of phenols is 2. The number of aliphatic imine (C=N–C) groups is 1. The van der Waals surface area contributed by atoms with Gasteiger partial charge in [-0.3, -0.25) is 5.41 Å². The fraction of sp³-hybridized carbons (Fsp3) is 0.0556. The predicted molar refractivity (Wildman–Crippen MR) is 95.3 cm³/mol. The van der Waals surface area contributed by atoms with E-state index in [-0.39, 0.29) is 17.3 Å². The summed E-state index contributed by atoms with van der Waals surface area (Å²) in [6.45, 7) is 0. The number of amidine groups is 1. The summed E-state index contributed by atoms with van der Waals surface area (Å²) in [6.07, 6.45) is 1.74. The minimum atomic E-state index is -0.826. The van der Waals surface area contributed by atoms with Crippen molar-refractivity contribution in [2.75, 3.05) is 0 Å². The van der Waals surface area contributed by atoms with Crippen LogP contribution in [0, 0.1) is 22.7 Å². The van der Waals surface area contributed by atoms with Crippen LogP contribution >= 0.6 is 15.9 Å². The highest BCUT2D eigenvalue weighted by Crippen LogP contribution is 2.34. The first-order valence-electron chi connectivity index (χ1n) is 7.06. The highest BCUT2D eigenvalue weighted by molar-refractivity contribution is 9.10. The molecule has 0 fully saturated rings. The molecule has 2 aromatic rings. The third-order valence-corrected chi connectivity index (χ3v) is 4.22. The number of phenolic OH excluding ortho intramolecular Hbond substituents is 2. The van der Waals surface area contributed by atoms with Crippen LogP contribution in [0.15, 0.2) is 58.0 Å². The van der Waals surface area contributed by atoms with Crippen molar-refractivity contribution < 1.29 is 10.2 Å². The van der Waals surface area contributed by atoms with Crippen molar-refractivity contribution in [3.05, 3.63) is 64.1 Å². The summed E-state index contributed by atoms with van der Waals surface area (Å²) in [5, 5.41) is 36.7. The lowest BCUT2D eigenvalue weighted by molar-refractivity contribution is 0.403. The molecule has 0 saturated heterocycles. The Morgan fingerprint density at radius 1 is 1.04 bits per heavy atom. The van der Waals surface area contributed by atoms with Crippen molar-refractivity contribution in [1.29, 1.82) is 10.7 Å². The molecule has 2 aromatic carbocycles. The Bertz CT molecular complexity index is 924. The number of dihydropyridines is 1. The van der Waals surface area contributed by atoms with Crippen LogP contribution in [0.5, 0.6) is 11.5 Å². The molecule has 24 heavy (non-hydrogen) atoms. The van der Waals surface area contributed by atoms with Crippen LogP contribution in [0.1, 0.15) is 11.1 Å². The predicted octanol–water partition coefficient (Wildman–Crippen LogP) is 3.86. The summed E-state index contributed by atoms with van der Waals surface area (Å²) in [7, 11) is 0. The summed E-state index contributed by atoms with van der Waals surface area (Å²) in [5.74, 6) is -1.39. The number of rotatable bonds is 2. The zero-order valence-electron chi connectivity index (χ0n) is 12.4. The van der Waals surface area contributed by atoms with Gasteiger partial charge in [0.2, 0.25) is 0 Å². The van der Waals surface area contributed by atoms with Crippen LogP contribution in [0.3, 0.4) is 0 Å². The van der Waals surface area contributed by atoms with E-state index >= 15 is 0 Å². The highest BCUT2D eigenvalue weighted by Gasteiger charge is 2.26. The number of benzene rings is 2. The fourth-order valence-electron chi connectivity index (χ4n) is 2.46. The lowest BCUT2D eigenvalue weighted by Crippen LogP contribution is -2.19. The second kappa shape index (κ2) is 6.30. The minimum absolute atomic E-state index is 0.0551. The van der Waals surface area contributed by atoms with Gasteiger partial charge in [0, 0.05) is 10.0 Å². The Hall–Kier alpha value is -2.91. The van der Waals surface area contributed by atoms with Gasteiger partial charge in [-0.2, -0.15) is 5.26 Å². The SMILES string of the molecule is N#CC1C(=N)N=C(c2ccc(Br)cc2)C=C1c1ccc(O)c(O)c1. The minimum Gasteiger partial charge on any atom is -0.504 e. The molecule has 0 amide bonds. The summed E-state index contributed by atoms with van der Waals surface area (Å²) >= 11 is 3.37. The molecule has 3 N–H and O–H groups in total. The Morgan fingerprint density at radius 3 is 2.33 bits per heavy atom. The molecule has 118 valence electrons. The first-order valence-corrected chi connectivity index (χ1v) is 7.85. The van der Waals surface area contributed by atoms with E-state index < -0.39 is 5.92 Å². The van der Waals surface area contributed by atoms with Gasteiger partial charge in [0.1, 0.15) is 11.8 Å². The van der Waals surface area contributed by atoms with E-state index in [2.05, 4.69) is 27.0 Å². The smallest absolute Gasteiger partial charge is 0.158 e. The van der Waals surface area contributed by atoms with E-state index in [1.54, 1.807) is 12.1 Å². The zero-order chi connectivity index (χ0) is 17.3. The number of hydrogen-bond donors (Lipinski definition) is 3. The molecule has 1 aliphatic rings. The lowest BCUT2D eigenvalue weighted by atomic mass is 9.88. The molecule has 1 atom stereocenters. The number of nitrogens with zero attached hydrogens (tertiary/aromatic N) is 2. The Labute approximate surface area is 146 Å². The van der Waals surface area contributed by atoms with E-state index in [1.807, 2.05) is 24.3 Å². The monoisotopic (exact) mass is 381 g/mol. The number of aromatic hydroxyl groups is 2. The van der Waals surface area contributed by atoms with E-state index in [4.69, 9.17) is 5.41 Å². The van der Waals surface area contributed by atoms with Gasteiger partial charge in [0.05, 0.1) is 11.8 Å². The van der Waals surface area contributed by atoms with Gasteiger partial charge in [0.25, 0.3) is 0 Å². The summed E-state index contributed by atoms with van der Waals surface area (Å²) < 4.78 is 0.931. The van der Waals surface area contributed by atoms with Gasteiger partial charge in [0.15, 0.2) is 11.5 Å². The maximum atomic E-state index is 9.72. The van der Waals surface area contributed by atoms with E-state index in [0.717, 1.165) is 10.0 Å². The Kier molecular flexibility index (Phi) is 4.19. The highest BCUT2D eigenvalue weighted by atomic mass is 79.9. The molecular formula is C18H12BrN3O2. The van der Waals surface area contributed by atoms with E-state index in [9.17, 15) is 15.5 Å². The van der Waals surface area contributed by atoms with Crippen LogP contribution in [0.2, 0.25) is 0 Å². The zero-order valence-corrected chi connectivity index (χ0v) is 13.9. The average molecular weight is 382 g/mol. The maximum Gasteiger partial charge on any atom is 0.158 e. The molecular weight excluding hydrogens is 370 g/mol. The standard InChI is InChI=1S/C18H12BrN3O2/c19-12-4-1-10(2-5-12)15-8-13(14(9-20)18(21)22-15)11-3-6-16(23)17(24)7-11/h1-8,14,21,23-24H. The van der Waals surface area contributed by atoms with Crippen molar-refractivity contribution >= 4 is 33.1 Å². The maximum absolute atomic E-state index is 9.72. The molecule has 1 unspecified atom stereocenters. The van der Waals surface area contributed by atoms with Crippen LogP contribution in [0.25, 0.3) is 5.57 Å². The Morgan fingerprint density at radius 2 is 1.71 bits per heavy atom. The molecule has 6 heteroatoms. The average Bonchev–Trinajstić information content (AvgIpc) is 2.57. The third-order valence-electron chi connectivity index (χ3n) is 3.70. The quantitative estimate of drug-likeness (QED) is 0.688. The number of nitriles is 1. The van der Waals surface area contributed by atoms with Gasteiger partial charge in [-0.05, 0) is 41.5 Å². The van der Waals surface area contributed by atoms with Crippen molar-refractivity contribution in [2.45, 2.75) is 0 Å². The molecule has 3 rings (SSSR count). The van der Waals surface area contributed by atoms with Crippen LogP contribution in [-0.2, 0) is 0 Å². The number of halogens is 1. The summed E-state index contributed by atoms with van der Waals surface area (Å²) in [4.78, 5) is 4.22. The van der Waals surface area contributed by atoms with Gasteiger partial charge < -0.3 is 10.2 Å². The second-order valence-corrected chi connectivity index (χ2v) is 6.17. The molecule has 0 saturated carbocycles. The topological polar surface area (TPSA) is 100 Å². The normalized spacial score (nSPS) is 17.0. The molecule has 5 nitrogen and oxygen atoms in total. The van der Waals surface area contributed by atoms with Crippen LogP contribution in [0.4, 0.5) is 0 Å². The number of hydrogen-bond acceptors (Lipinski definition) is 4. The number of nitrogens with one attached hydrogen (secondary N) is 1. The molecule has 0 aliphatic carbocycles. The molecule has 0 bridgehead atoms. The van der Waals surface area contributed by atoms with Gasteiger partial charge in [-0.15, -0.1) is 0 Å². The van der Waals surface area contributed by atoms with Crippen LogP contribution in [-0.4, -0.2) is 21.8 Å². The molecule has 0 radical (unpaired) electrons. The molecule has 1 aliphatic heterocycles. The lowest BCUT2D eigenvalue weighted by Gasteiger charge is -2.19. The van der Waals surface area contributed by atoms with Crippen molar-refractivity contribution in [1.82, 2.24) is 0 Å². The van der Waals surface area contributed by atoms with E-state index in [1.165, 1.54) is 12.1 Å². The van der Waals surface area contributed by atoms with Crippen LogP contribution < -0.4 is 0 Å². The number of allylic oxidation sites excluding steroid dienone is 1. The second-order valence-electron chi connectivity index (χ2n) is 5.25. The fourth-order valence-corrected chi connectivity index (χ4v) is 2.72. The largest absolute Gasteiger partial charge is 0.504 e. The van der Waals surface area contributed by atoms with Crippen molar-refractivity contribution in [3.8, 4) is 17.6 Å². The van der Waals surface area contributed by atoms with E-state index in [0.29, 0.717) is 16.8 Å². The van der Waals surface area contributed by atoms with Gasteiger partial charge in [-0.25, -0.2) is 4.99 Å². The summed E-state index contributed by atoms with van der Waals surface area (Å²) in [5.41, 5.74) is 2.51. The third kappa shape index (κ3) is 2.94. The van der Waals surface area contributed by atoms with Gasteiger partial charge >= 0.3 is 0 Å². The molecule has 1 heterocycles. The van der Waals surface area contributed by atoms with Gasteiger partial charge in [-0.1, -0.05) is 34.1 Å². The molecule has 0 spiro atoms. The van der Waals surface area contributed by atoms with Crippen molar-refractivity contribution in [2.24, 2.45) is 10.9 Å². The van der Waals surface area contributed by atoms with Crippen molar-refractivity contribution in [3.63, 3.8) is 0 Å². The molecule has 0 aromatic heterocycles.